The molecule has 1 aliphatic carbocycles. The zero-order valence-electron chi connectivity index (χ0n) is 9.91. The molecule has 1 aromatic rings. The number of hydrogen-bond donors (Lipinski definition) is 1. The van der Waals surface area contributed by atoms with Crippen LogP contribution in [0.3, 0.4) is 0 Å². The lowest BCUT2D eigenvalue weighted by Gasteiger charge is -2.20. The summed E-state index contributed by atoms with van der Waals surface area (Å²) in [6.07, 6.45) is 8.94. The van der Waals surface area contributed by atoms with Crippen LogP contribution in [0.5, 0.6) is 0 Å². The van der Waals surface area contributed by atoms with Gasteiger partial charge in [-0.25, -0.2) is 4.98 Å². The van der Waals surface area contributed by atoms with Crippen molar-refractivity contribution in [3.05, 3.63) is 23.9 Å². The minimum Gasteiger partial charge on any atom is -0.316 e. The Morgan fingerprint density at radius 1 is 1.31 bits per heavy atom. The standard InChI is InChI=1S/C13H20N2S/c1-14-9-11-7-8-13(15-10-11)16-12-5-3-2-4-6-12/h7-8,10,12,14H,2-6,9H2,1H3. The minimum atomic E-state index is 0.802. The maximum absolute atomic E-state index is 4.51. The first-order valence-corrected chi connectivity index (χ1v) is 7.02. The van der Waals surface area contributed by atoms with Crippen molar-refractivity contribution in [2.75, 3.05) is 7.05 Å². The molecule has 0 saturated heterocycles. The second-order valence-electron chi connectivity index (χ2n) is 4.41. The molecule has 1 heterocycles. The summed E-state index contributed by atoms with van der Waals surface area (Å²) in [6, 6.07) is 4.33. The fourth-order valence-corrected chi connectivity index (χ4v) is 3.31. The van der Waals surface area contributed by atoms with Gasteiger partial charge in [-0.05, 0) is 31.5 Å². The van der Waals surface area contributed by atoms with Crippen LogP contribution in [0.15, 0.2) is 23.4 Å². The summed E-state index contributed by atoms with van der Waals surface area (Å²) < 4.78 is 0. The summed E-state index contributed by atoms with van der Waals surface area (Å²) >= 11 is 1.96. The van der Waals surface area contributed by atoms with Crippen LogP contribution >= 0.6 is 11.8 Å². The second kappa shape index (κ2) is 6.26. The molecule has 88 valence electrons. The molecule has 0 aromatic carbocycles. The van der Waals surface area contributed by atoms with Gasteiger partial charge in [0, 0.05) is 18.0 Å². The molecule has 0 atom stereocenters. The van der Waals surface area contributed by atoms with Crippen molar-refractivity contribution in [2.45, 2.75) is 48.9 Å². The first kappa shape index (κ1) is 11.9. The number of aromatic nitrogens is 1. The third-order valence-electron chi connectivity index (χ3n) is 3.02. The van der Waals surface area contributed by atoms with Crippen molar-refractivity contribution in [1.29, 1.82) is 0 Å². The maximum Gasteiger partial charge on any atom is 0.0962 e. The fourth-order valence-electron chi connectivity index (χ4n) is 2.14. The van der Waals surface area contributed by atoms with Gasteiger partial charge in [0.2, 0.25) is 0 Å². The molecular formula is C13H20N2S. The average Bonchev–Trinajstić information content (AvgIpc) is 2.33. The summed E-state index contributed by atoms with van der Waals surface area (Å²) in [7, 11) is 1.96. The zero-order chi connectivity index (χ0) is 11.2. The number of nitrogens with zero attached hydrogens (tertiary/aromatic N) is 1. The van der Waals surface area contributed by atoms with Gasteiger partial charge in [0.25, 0.3) is 0 Å². The summed E-state index contributed by atoms with van der Waals surface area (Å²) in [6.45, 7) is 0.904. The van der Waals surface area contributed by atoms with E-state index in [9.17, 15) is 0 Å². The molecule has 1 aromatic heterocycles. The molecule has 0 bridgehead atoms. The van der Waals surface area contributed by atoms with E-state index in [0.717, 1.165) is 11.8 Å². The Kier molecular flexibility index (Phi) is 4.67. The van der Waals surface area contributed by atoms with Gasteiger partial charge < -0.3 is 5.32 Å². The van der Waals surface area contributed by atoms with Gasteiger partial charge in [-0.3, -0.25) is 0 Å². The monoisotopic (exact) mass is 236 g/mol. The van der Waals surface area contributed by atoms with E-state index in [2.05, 4.69) is 22.4 Å². The second-order valence-corrected chi connectivity index (χ2v) is 5.73. The van der Waals surface area contributed by atoms with Crippen LogP contribution in [0.2, 0.25) is 0 Å². The first-order chi connectivity index (χ1) is 7.88. The van der Waals surface area contributed by atoms with Crippen LogP contribution in [0.25, 0.3) is 0 Å². The van der Waals surface area contributed by atoms with E-state index in [1.54, 1.807) is 0 Å². The lowest BCUT2D eigenvalue weighted by molar-refractivity contribution is 0.515. The van der Waals surface area contributed by atoms with Gasteiger partial charge in [0.05, 0.1) is 5.03 Å². The van der Waals surface area contributed by atoms with E-state index in [1.807, 2.05) is 25.0 Å². The predicted octanol–water partition coefficient (Wildman–Crippen LogP) is 3.23. The van der Waals surface area contributed by atoms with Crippen LogP contribution in [0.4, 0.5) is 0 Å². The lowest BCUT2D eigenvalue weighted by Crippen LogP contribution is -2.08. The zero-order valence-corrected chi connectivity index (χ0v) is 10.7. The van der Waals surface area contributed by atoms with Gasteiger partial charge in [-0.15, -0.1) is 11.8 Å². The largest absolute Gasteiger partial charge is 0.316 e. The summed E-state index contributed by atoms with van der Waals surface area (Å²) in [5.41, 5.74) is 1.26. The quantitative estimate of drug-likeness (QED) is 0.869. The van der Waals surface area contributed by atoms with Crippen molar-refractivity contribution in [1.82, 2.24) is 10.3 Å². The molecule has 1 aliphatic rings. The van der Waals surface area contributed by atoms with Crippen LogP contribution in [0.1, 0.15) is 37.7 Å². The molecule has 0 amide bonds. The highest BCUT2D eigenvalue weighted by Gasteiger charge is 2.14. The van der Waals surface area contributed by atoms with Crippen molar-refractivity contribution in [3.63, 3.8) is 0 Å². The lowest BCUT2D eigenvalue weighted by atomic mass is 10.0. The van der Waals surface area contributed by atoms with E-state index in [4.69, 9.17) is 0 Å². The summed E-state index contributed by atoms with van der Waals surface area (Å²) in [5, 5.41) is 5.13. The Bertz CT molecular complexity index is 304. The normalized spacial score (nSPS) is 17.6. The number of pyridine rings is 1. The van der Waals surface area contributed by atoms with Gasteiger partial charge in [-0.2, -0.15) is 0 Å². The fraction of sp³-hybridized carbons (Fsp3) is 0.615. The van der Waals surface area contributed by atoms with E-state index < -0.39 is 0 Å². The number of nitrogens with one attached hydrogen (secondary N) is 1. The van der Waals surface area contributed by atoms with Gasteiger partial charge in [0.15, 0.2) is 0 Å². The molecule has 0 radical (unpaired) electrons. The van der Waals surface area contributed by atoms with Crippen LogP contribution in [-0.2, 0) is 6.54 Å². The molecule has 3 heteroatoms. The van der Waals surface area contributed by atoms with Crippen molar-refractivity contribution < 1.29 is 0 Å². The smallest absolute Gasteiger partial charge is 0.0962 e. The van der Waals surface area contributed by atoms with Gasteiger partial charge in [0.1, 0.15) is 0 Å². The number of thioether (sulfide) groups is 1. The molecule has 0 spiro atoms. The Morgan fingerprint density at radius 3 is 2.75 bits per heavy atom. The average molecular weight is 236 g/mol. The van der Waals surface area contributed by atoms with Crippen molar-refractivity contribution in [2.24, 2.45) is 0 Å². The number of rotatable bonds is 4. The molecule has 1 saturated carbocycles. The van der Waals surface area contributed by atoms with Crippen LogP contribution in [0, 0.1) is 0 Å². The third-order valence-corrected chi connectivity index (χ3v) is 4.31. The SMILES string of the molecule is CNCc1ccc(SC2CCCCC2)nc1. The molecule has 16 heavy (non-hydrogen) atoms. The topological polar surface area (TPSA) is 24.9 Å². The highest BCUT2D eigenvalue weighted by atomic mass is 32.2. The predicted molar refractivity (Wildman–Crippen MR) is 69.7 cm³/mol. The summed E-state index contributed by atoms with van der Waals surface area (Å²) in [4.78, 5) is 4.51. The highest BCUT2D eigenvalue weighted by Crippen LogP contribution is 2.32. The minimum absolute atomic E-state index is 0.802. The molecule has 2 nitrogen and oxygen atoms in total. The van der Waals surface area contributed by atoms with Crippen molar-refractivity contribution in [3.8, 4) is 0 Å². The third kappa shape index (κ3) is 3.49. The van der Waals surface area contributed by atoms with Crippen molar-refractivity contribution >= 4 is 11.8 Å². The summed E-state index contributed by atoms with van der Waals surface area (Å²) in [5.74, 6) is 0. The number of hydrogen-bond acceptors (Lipinski definition) is 3. The van der Waals surface area contributed by atoms with Crippen LogP contribution < -0.4 is 5.32 Å². The van der Waals surface area contributed by atoms with E-state index >= 15 is 0 Å². The Balaban J connectivity index is 1.88. The highest BCUT2D eigenvalue weighted by molar-refractivity contribution is 7.99. The Labute approximate surface area is 102 Å². The first-order valence-electron chi connectivity index (χ1n) is 6.14. The van der Waals surface area contributed by atoms with Gasteiger partial charge in [-0.1, -0.05) is 25.3 Å². The molecule has 2 rings (SSSR count). The van der Waals surface area contributed by atoms with E-state index in [0.29, 0.717) is 0 Å². The molecular weight excluding hydrogens is 216 g/mol. The molecule has 0 aliphatic heterocycles. The Hall–Kier alpha value is -0.540. The van der Waals surface area contributed by atoms with Crippen LogP contribution in [-0.4, -0.2) is 17.3 Å². The molecule has 1 fully saturated rings. The molecule has 0 unspecified atom stereocenters. The maximum atomic E-state index is 4.51. The van der Waals surface area contributed by atoms with E-state index in [-0.39, 0.29) is 0 Å². The van der Waals surface area contributed by atoms with E-state index in [1.165, 1.54) is 42.7 Å². The molecule has 1 N–H and O–H groups in total. The van der Waals surface area contributed by atoms with Gasteiger partial charge >= 0.3 is 0 Å². The Morgan fingerprint density at radius 2 is 2.12 bits per heavy atom.